The standard InChI is InChI=1S/C17H18N2O3/c1-4-18-13-8-6-11(3)10-12(13)7-9-14(18)15-16(20)19(5-2)17(21)22-15/h6-10H,4-5H2,1-3H3/b15-14+. The van der Waals surface area contributed by atoms with E-state index in [1.165, 1.54) is 5.56 Å². The van der Waals surface area contributed by atoms with Gasteiger partial charge >= 0.3 is 12.0 Å². The summed E-state index contributed by atoms with van der Waals surface area (Å²) in [7, 11) is 0. The third kappa shape index (κ3) is 2.09. The highest BCUT2D eigenvalue weighted by atomic mass is 16.6. The molecule has 0 bridgehead atoms. The van der Waals surface area contributed by atoms with Gasteiger partial charge in [0.15, 0.2) is 0 Å². The van der Waals surface area contributed by atoms with E-state index in [0.717, 1.165) is 16.2 Å². The first-order chi connectivity index (χ1) is 10.6. The van der Waals surface area contributed by atoms with Crippen LogP contribution in [0.1, 0.15) is 25.0 Å². The molecule has 3 rings (SSSR count). The lowest BCUT2D eigenvalue weighted by Gasteiger charge is -2.29. The molecule has 1 aromatic carbocycles. The number of amides is 2. The Hall–Kier alpha value is -2.56. The minimum atomic E-state index is -0.603. The maximum Gasteiger partial charge on any atom is 0.422 e. The van der Waals surface area contributed by atoms with Crippen LogP contribution in [-0.4, -0.2) is 30.0 Å². The van der Waals surface area contributed by atoms with Crippen molar-refractivity contribution in [3.63, 3.8) is 0 Å². The predicted molar refractivity (Wildman–Crippen MR) is 84.1 cm³/mol. The van der Waals surface area contributed by atoms with Crippen molar-refractivity contribution in [2.75, 3.05) is 18.0 Å². The highest BCUT2D eigenvalue weighted by Gasteiger charge is 2.39. The van der Waals surface area contributed by atoms with Gasteiger partial charge in [-0.15, -0.1) is 0 Å². The Morgan fingerprint density at radius 1 is 1.05 bits per heavy atom. The summed E-state index contributed by atoms with van der Waals surface area (Å²) in [5.41, 5.74) is 3.91. The molecule has 0 saturated carbocycles. The van der Waals surface area contributed by atoms with Crippen molar-refractivity contribution < 1.29 is 14.3 Å². The van der Waals surface area contributed by atoms with Crippen molar-refractivity contribution in [2.24, 2.45) is 0 Å². The summed E-state index contributed by atoms with van der Waals surface area (Å²) in [5, 5.41) is 0. The average molecular weight is 298 g/mol. The number of allylic oxidation sites excluding steroid dienone is 1. The summed E-state index contributed by atoms with van der Waals surface area (Å²) >= 11 is 0. The van der Waals surface area contributed by atoms with Crippen molar-refractivity contribution in [3.05, 3.63) is 46.9 Å². The van der Waals surface area contributed by atoms with Crippen molar-refractivity contribution in [1.29, 1.82) is 0 Å². The molecule has 22 heavy (non-hydrogen) atoms. The molecule has 2 aliphatic rings. The molecule has 2 aliphatic heterocycles. The fourth-order valence-electron chi connectivity index (χ4n) is 2.81. The van der Waals surface area contributed by atoms with Gasteiger partial charge in [0.25, 0.3) is 0 Å². The molecule has 0 atom stereocenters. The molecule has 1 aromatic rings. The number of nitrogens with zero attached hydrogens (tertiary/aromatic N) is 2. The van der Waals surface area contributed by atoms with Crippen molar-refractivity contribution >= 4 is 23.8 Å². The third-order valence-corrected chi connectivity index (χ3v) is 3.90. The highest BCUT2D eigenvalue weighted by molar-refractivity contribution is 6.08. The topological polar surface area (TPSA) is 49.9 Å². The molecular weight excluding hydrogens is 280 g/mol. The first-order valence-corrected chi connectivity index (χ1v) is 7.41. The number of carbonyl (C=O) groups excluding carboxylic acids is 2. The maximum atomic E-state index is 12.3. The zero-order valence-electron chi connectivity index (χ0n) is 12.9. The molecule has 0 aliphatic carbocycles. The fraction of sp³-hybridized carbons (Fsp3) is 0.294. The number of hydrogen-bond acceptors (Lipinski definition) is 4. The van der Waals surface area contributed by atoms with Gasteiger partial charge < -0.3 is 9.64 Å². The molecule has 2 amide bonds. The second-order valence-electron chi connectivity index (χ2n) is 5.27. The monoisotopic (exact) mass is 298 g/mol. The molecule has 5 nitrogen and oxygen atoms in total. The van der Waals surface area contributed by atoms with E-state index in [9.17, 15) is 9.59 Å². The molecule has 5 heteroatoms. The number of cyclic esters (lactones) is 1. The van der Waals surface area contributed by atoms with E-state index in [0.29, 0.717) is 18.8 Å². The van der Waals surface area contributed by atoms with Crippen LogP contribution < -0.4 is 4.90 Å². The van der Waals surface area contributed by atoms with E-state index in [4.69, 9.17) is 4.74 Å². The van der Waals surface area contributed by atoms with Crippen LogP contribution in [0.2, 0.25) is 0 Å². The highest BCUT2D eigenvalue weighted by Crippen LogP contribution is 2.34. The Morgan fingerprint density at radius 3 is 2.41 bits per heavy atom. The number of fused-ring (bicyclic) bond motifs is 1. The van der Waals surface area contributed by atoms with Crippen LogP contribution in [0.25, 0.3) is 6.08 Å². The molecule has 0 unspecified atom stereocenters. The molecular formula is C17H18N2O3. The zero-order chi connectivity index (χ0) is 15.9. The second-order valence-corrected chi connectivity index (χ2v) is 5.27. The minimum absolute atomic E-state index is 0.108. The first kappa shape index (κ1) is 14.4. The van der Waals surface area contributed by atoms with Crippen LogP contribution in [0, 0.1) is 6.92 Å². The molecule has 1 fully saturated rings. The Morgan fingerprint density at radius 2 is 1.77 bits per heavy atom. The Kier molecular flexibility index (Phi) is 3.48. The van der Waals surface area contributed by atoms with Gasteiger partial charge in [-0.25, -0.2) is 9.69 Å². The Balaban J connectivity index is 2.10. The van der Waals surface area contributed by atoms with Gasteiger partial charge in [0, 0.05) is 18.8 Å². The van der Waals surface area contributed by atoms with Gasteiger partial charge in [-0.05, 0) is 44.5 Å². The normalized spacial score (nSPS) is 20.5. The van der Waals surface area contributed by atoms with Crippen molar-refractivity contribution in [2.45, 2.75) is 20.8 Å². The van der Waals surface area contributed by atoms with Gasteiger partial charge in [-0.1, -0.05) is 17.7 Å². The number of aryl methyl sites for hydroxylation is 1. The fourth-order valence-corrected chi connectivity index (χ4v) is 2.81. The number of rotatable bonds is 2. The van der Waals surface area contributed by atoms with Crippen molar-refractivity contribution in [1.82, 2.24) is 4.90 Å². The number of carbonyl (C=O) groups is 2. The van der Waals surface area contributed by atoms with Crippen molar-refractivity contribution in [3.8, 4) is 0 Å². The molecule has 0 N–H and O–H groups in total. The SMILES string of the molecule is CCN1C(=O)O/C(=C2\C=Cc3cc(C)ccc3N2CC)C1=O. The van der Waals surface area contributed by atoms with Crippen LogP contribution >= 0.6 is 0 Å². The lowest BCUT2D eigenvalue weighted by Crippen LogP contribution is -2.30. The van der Waals surface area contributed by atoms with Crippen LogP contribution in [-0.2, 0) is 9.53 Å². The van der Waals surface area contributed by atoms with E-state index < -0.39 is 6.09 Å². The largest absolute Gasteiger partial charge is 0.422 e. The number of imide groups is 1. The first-order valence-electron chi connectivity index (χ1n) is 7.41. The molecule has 1 saturated heterocycles. The lowest BCUT2D eigenvalue weighted by atomic mass is 10.0. The predicted octanol–water partition coefficient (Wildman–Crippen LogP) is 3.06. The van der Waals surface area contributed by atoms with E-state index in [-0.39, 0.29) is 11.7 Å². The zero-order valence-corrected chi connectivity index (χ0v) is 12.9. The molecule has 114 valence electrons. The maximum absolute atomic E-state index is 12.3. The van der Waals surface area contributed by atoms with Crippen LogP contribution in [0.15, 0.2) is 35.7 Å². The summed E-state index contributed by atoms with van der Waals surface area (Å²) in [6.07, 6.45) is 3.19. The quantitative estimate of drug-likeness (QED) is 0.787. The molecule has 0 aromatic heterocycles. The second kappa shape index (κ2) is 5.33. The molecule has 0 spiro atoms. The smallest absolute Gasteiger partial charge is 0.402 e. The third-order valence-electron chi connectivity index (χ3n) is 3.90. The summed E-state index contributed by atoms with van der Waals surface area (Å²) < 4.78 is 5.21. The lowest BCUT2D eigenvalue weighted by molar-refractivity contribution is -0.123. The summed E-state index contributed by atoms with van der Waals surface area (Å²) in [5.74, 6) is -0.266. The van der Waals surface area contributed by atoms with E-state index in [2.05, 4.69) is 6.07 Å². The summed E-state index contributed by atoms with van der Waals surface area (Å²) in [6.45, 7) is 6.78. The number of hydrogen-bond donors (Lipinski definition) is 0. The van der Waals surface area contributed by atoms with Crippen LogP contribution in [0.4, 0.5) is 10.5 Å². The summed E-state index contributed by atoms with van der Waals surface area (Å²) in [4.78, 5) is 27.2. The summed E-state index contributed by atoms with van der Waals surface area (Å²) in [6, 6.07) is 6.15. The van der Waals surface area contributed by atoms with Gasteiger partial charge in [0.2, 0.25) is 5.76 Å². The van der Waals surface area contributed by atoms with Gasteiger partial charge in [0.05, 0.1) is 5.70 Å². The van der Waals surface area contributed by atoms with E-state index >= 15 is 0 Å². The van der Waals surface area contributed by atoms with Gasteiger partial charge in [-0.3, -0.25) is 4.79 Å². The van der Waals surface area contributed by atoms with Gasteiger partial charge in [0.1, 0.15) is 0 Å². The number of ether oxygens (including phenoxy) is 1. The van der Waals surface area contributed by atoms with E-state index in [1.54, 1.807) is 6.92 Å². The minimum Gasteiger partial charge on any atom is -0.402 e. The Labute approximate surface area is 129 Å². The number of benzene rings is 1. The molecule has 0 radical (unpaired) electrons. The Bertz CT molecular complexity index is 719. The molecule has 2 heterocycles. The van der Waals surface area contributed by atoms with Gasteiger partial charge in [-0.2, -0.15) is 0 Å². The van der Waals surface area contributed by atoms with Crippen LogP contribution in [0.5, 0.6) is 0 Å². The number of likely N-dealkylation sites (N-methyl/N-ethyl adjacent to an activating group) is 2. The number of anilines is 1. The van der Waals surface area contributed by atoms with Crippen LogP contribution in [0.3, 0.4) is 0 Å². The van der Waals surface area contributed by atoms with E-state index in [1.807, 2.05) is 43.0 Å². The average Bonchev–Trinajstić information content (AvgIpc) is 2.79.